The molecule has 1 unspecified atom stereocenters. The van der Waals surface area contributed by atoms with Crippen molar-refractivity contribution in [3.8, 4) is 0 Å². The average Bonchev–Trinajstić information content (AvgIpc) is 2.13. The third-order valence-corrected chi connectivity index (χ3v) is 2.06. The molecule has 0 N–H and O–H groups in total. The summed E-state index contributed by atoms with van der Waals surface area (Å²) < 4.78 is 0. The van der Waals surface area contributed by atoms with Crippen LogP contribution in [0.5, 0.6) is 0 Å². The molecule has 0 aromatic carbocycles. The topological polar surface area (TPSA) is 17.1 Å². The Bertz CT molecular complexity index is 246. The minimum Gasteiger partial charge on any atom is -0.295 e. The fraction of sp³-hybridized carbons (Fsp3) is 0.385. The standard InChI is InChI=1S/C13H19O/c1-5-11(2)9-10-12(3)7-6-8-13(4)14/h5-8,11H,1,4,9-10H2,2-3H3. The number of allylic oxidation sites excluding steroid dienone is 5. The monoisotopic (exact) mass is 191 g/mol. The molecule has 0 saturated carbocycles. The molecule has 1 radical (unpaired) electrons. The Labute approximate surface area is 87.2 Å². The van der Waals surface area contributed by atoms with Crippen LogP contribution in [0, 0.1) is 12.8 Å². The minimum atomic E-state index is -0.159. The zero-order chi connectivity index (χ0) is 11.0. The summed E-state index contributed by atoms with van der Waals surface area (Å²) in [5.74, 6) is 0.394. The Hall–Kier alpha value is -1.11. The van der Waals surface area contributed by atoms with Gasteiger partial charge in [0.15, 0.2) is 5.78 Å². The summed E-state index contributed by atoms with van der Waals surface area (Å²) in [5, 5.41) is 0. The smallest absolute Gasteiger partial charge is 0.156 e. The van der Waals surface area contributed by atoms with E-state index in [-0.39, 0.29) is 5.78 Å². The van der Waals surface area contributed by atoms with Crippen LogP contribution in [0.15, 0.2) is 36.5 Å². The lowest BCUT2D eigenvalue weighted by Crippen LogP contribution is -1.89. The molecule has 0 aliphatic rings. The lowest BCUT2D eigenvalue weighted by Gasteiger charge is -2.04. The van der Waals surface area contributed by atoms with Crippen molar-refractivity contribution < 1.29 is 4.79 Å². The van der Waals surface area contributed by atoms with Gasteiger partial charge in [-0.25, -0.2) is 0 Å². The highest BCUT2D eigenvalue weighted by Crippen LogP contribution is 2.11. The molecule has 1 atom stereocenters. The van der Waals surface area contributed by atoms with E-state index in [4.69, 9.17) is 0 Å². The van der Waals surface area contributed by atoms with Gasteiger partial charge < -0.3 is 0 Å². The van der Waals surface area contributed by atoms with Gasteiger partial charge in [-0.15, -0.1) is 6.58 Å². The molecule has 0 bridgehead atoms. The van der Waals surface area contributed by atoms with Gasteiger partial charge in [0.2, 0.25) is 0 Å². The van der Waals surface area contributed by atoms with Crippen LogP contribution in [0.25, 0.3) is 0 Å². The van der Waals surface area contributed by atoms with E-state index in [1.54, 1.807) is 6.08 Å². The molecule has 0 fully saturated rings. The molecule has 0 aromatic rings. The van der Waals surface area contributed by atoms with Crippen molar-refractivity contribution in [3.63, 3.8) is 0 Å². The highest BCUT2D eigenvalue weighted by molar-refractivity contribution is 5.93. The van der Waals surface area contributed by atoms with Crippen LogP contribution in [0.3, 0.4) is 0 Å². The van der Waals surface area contributed by atoms with Crippen LogP contribution in [0.2, 0.25) is 0 Å². The van der Waals surface area contributed by atoms with Crippen LogP contribution >= 0.6 is 0 Å². The summed E-state index contributed by atoms with van der Waals surface area (Å²) in [4.78, 5) is 10.5. The molecule has 0 aliphatic heterocycles. The van der Waals surface area contributed by atoms with E-state index < -0.39 is 0 Å². The van der Waals surface area contributed by atoms with Gasteiger partial charge in [0.25, 0.3) is 0 Å². The molecular weight excluding hydrogens is 172 g/mol. The van der Waals surface area contributed by atoms with Gasteiger partial charge in [0.1, 0.15) is 0 Å². The predicted octanol–water partition coefficient (Wildman–Crippen LogP) is 3.49. The molecule has 0 rings (SSSR count). The van der Waals surface area contributed by atoms with Crippen LogP contribution in [0.1, 0.15) is 26.7 Å². The molecule has 1 nitrogen and oxygen atoms in total. The molecule has 0 aliphatic carbocycles. The van der Waals surface area contributed by atoms with Crippen LogP contribution < -0.4 is 0 Å². The summed E-state index contributed by atoms with van der Waals surface area (Å²) in [5.41, 5.74) is 1.27. The molecule has 1 heteroatoms. The SMILES string of the molecule is [CH2]C(=O)C=CC=C(C)CCC(C)C=C. The zero-order valence-electron chi connectivity index (χ0n) is 9.12. The second kappa shape index (κ2) is 7.31. The normalized spacial score (nSPS) is 14.4. The van der Waals surface area contributed by atoms with E-state index in [1.807, 2.05) is 12.2 Å². The van der Waals surface area contributed by atoms with Gasteiger partial charge in [-0.05, 0) is 31.8 Å². The fourth-order valence-corrected chi connectivity index (χ4v) is 0.976. The first-order chi connectivity index (χ1) is 6.56. The number of hydrogen-bond acceptors (Lipinski definition) is 1. The first kappa shape index (κ1) is 12.9. The number of ketones is 1. The molecule has 0 aromatic heterocycles. The van der Waals surface area contributed by atoms with Crippen LogP contribution in [-0.4, -0.2) is 5.78 Å². The molecule has 77 valence electrons. The van der Waals surface area contributed by atoms with E-state index in [9.17, 15) is 4.79 Å². The van der Waals surface area contributed by atoms with Crippen molar-refractivity contribution in [1.29, 1.82) is 0 Å². The highest BCUT2D eigenvalue weighted by atomic mass is 16.1. The average molecular weight is 191 g/mol. The largest absolute Gasteiger partial charge is 0.295 e. The van der Waals surface area contributed by atoms with E-state index in [0.29, 0.717) is 5.92 Å². The lowest BCUT2D eigenvalue weighted by atomic mass is 10.0. The maximum absolute atomic E-state index is 10.5. The quantitative estimate of drug-likeness (QED) is 0.357. The minimum absolute atomic E-state index is 0.159. The third kappa shape index (κ3) is 7.53. The Kier molecular flexibility index (Phi) is 6.73. The van der Waals surface area contributed by atoms with Crippen LogP contribution in [0.4, 0.5) is 0 Å². The molecular formula is C13H19O. The van der Waals surface area contributed by atoms with Gasteiger partial charge >= 0.3 is 0 Å². The van der Waals surface area contributed by atoms with Gasteiger partial charge in [-0.1, -0.05) is 30.7 Å². The Morgan fingerprint density at radius 3 is 2.64 bits per heavy atom. The van der Waals surface area contributed by atoms with Gasteiger partial charge in [0, 0.05) is 6.92 Å². The molecule has 0 heterocycles. The van der Waals surface area contributed by atoms with Crippen molar-refractivity contribution in [1.82, 2.24) is 0 Å². The second-order valence-corrected chi connectivity index (χ2v) is 3.59. The van der Waals surface area contributed by atoms with Crippen molar-refractivity contribution in [2.45, 2.75) is 26.7 Å². The van der Waals surface area contributed by atoms with Crippen LogP contribution in [-0.2, 0) is 4.79 Å². The summed E-state index contributed by atoms with van der Waals surface area (Å²) in [7, 11) is 0. The number of carbonyl (C=O) groups excluding carboxylic acids is 1. The fourth-order valence-electron chi connectivity index (χ4n) is 0.976. The summed E-state index contributed by atoms with van der Waals surface area (Å²) in [6.07, 6.45) is 9.30. The number of carbonyl (C=O) groups is 1. The second-order valence-electron chi connectivity index (χ2n) is 3.59. The molecule has 0 spiro atoms. The molecule has 0 saturated heterocycles. The van der Waals surface area contributed by atoms with Gasteiger partial charge in [-0.3, -0.25) is 4.79 Å². The Morgan fingerprint density at radius 1 is 1.50 bits per heavy atom. The maximum atomic E-state index is 10.5. The Morgan fingerprint density at radius 2 is 2.14 bits per heavy atom. The highest BCUT2D eigenvalue weighted by Gasteiger charge is 1.95. The first-order valence-electron chi connectivity index (χ1n) is 4.88. The van der Waals surface area contributed by atoms with E-state index in [2.05, 4.69) is 27.4 Å². The van der Waals surface area contributed by atoms with Gasteiger partial charge in [-0.2, -0.15) is 0 Å². The van der Waals surface area contributed by atoms with E-state index in [1.165, 1.54) is 11.6 Å². The van der Waals surface area contributed by atoms with Crippen molar-refractivity contribution in [3.05, 3.63) is 43.4 Å². The Balaban J connectivity index is 3.89. The maximum Gasteiger partial charge on any atom is 0.156 e. The van der Waals surface area contributed by atoms with E-state index >= 15 is 0 Å². The van der Waals surface area contributed by atoms with Crippen molar-refractivity contribution in [2.24, 2.45) is 5.92 Å². The lowest BCUT2D eigenvalue weighted by molar-refractivity contribution is -0.110. The third-order valence-electron chi connectivity index (χ3n) is 2.06. The zero-order valence-corrected chi connectivity index (χ0v) is 9.12. The first-order valence-corrected chi connectivity index (χ1v) is 4.88. The van der Waals surface area contributed by atoms with Crippen molar-refractivity contribution >= 4 is 5.78 Å². The summed E-state index contributed by atoms with van der Waals surface area (Å²) in [6.45, 7) is 11.2. The number of rotatable bonds is 6. The van der Waals surface area contributed by atoms with Crippen molar-refractivity contribution in [2.75, 3.05) is 0 Å². The van der Waals surface area contributed by atoms with E-state index in [0.717, 1.165) is 12.8 Å². The molecule has 0 amide bonds. The molecule has 14 heavy (non-hydrogen) atoms. The summed E-state index contributed by atoms with van der Waals surface area (Å²) >= 11 is 0. The predicted molar refractivity (Wildman–Crippen MR) is 61.9 cm³/mol. The summed E-state index contributed by atoms with van der Waals surface area (Å²) in [6, 6.07) is 0. The van der Waals surface area contributed by atoms with Gasteiger partial charge in [0.05, 0.1) is 0 Å². The number of hydrogen-bond donors (Lipinski definition) is 0.